The molecule has 0 aromatic rings. The molecule has 0 radical (unpaired) electrons. The number of rotatable bonds is 4. The predicted molar refractivity (Wildman–Crippen MR) is 40.8 cm³/mol. The molecule has 0 aliphatic heterocycles. The van der Waals surface area contributed by atoms with E-state index >= 15 is 0 Å². The fourth-order valence-electron chi connectivity index (χ4n) is 1.07. The topological polar surface area (TPSA) is 20.2 Å². The van der Waals surface area contributed by atoms with E-state index in [1.54, 1.807) is 0 Å². The Kier molecular flexibility index (Phi) is 4.60. The van der Waals surface area contributed by atoms with Crippen LogP contribution in [0.5, 0.6) is 0 Å². The zero-order valence-corrected chi connectivity index (χ0v) is 7.36. The van der Waals surface area contributed by atoms with E-state index in [2.05, 4.69) is 0 Å². The highest BCUT2D eigenvalue weighted by atomic mass is 19.4. The lowest BCUT2D eigenvalue weighted by Gasteiger charge is -2.19. The van der Waals surface area contributed by atoms with Crippen molar-refractivity contribution in [3.8, 4) is 0 Å². The summed E-state index contributed by atoms with van der Waals surface area (Å²) in [5.74, 6) is -0.0263. The average Bonchev–Trinajstić information content (AvgIpc) is 1.97. The Labute approximate surface area is 70.6 Å². The molecule has 0 amide bonds. The van der Waals surface area contributed by atoms with Gasteiger partial charge < -0.3 is 5.11 Å². The van der Waals surface area contributed by atoms with Gasteiger partial charge in [0.1, 0.15) is 6.10 Å². The summed E-state index contributed by atoms with van der Waals surface area (Å²) >= 11 is 0. The minimum Gasteiger partial charge on any atom is -0.384 e. The van der Waals surface area contributed by atoms with E-state index in [1.165, 1.54) is 0 Å². The highest BCUT2D eigenvalue weighted by Gasteiger charge is 2.38. The Morgan fingerprint density at radius 2 is 1.58 bits per heavy atom. The second-order valence-corrected chi connectivity index (χ2v) is 2.98. The molecule has 0 rings (SSSR count). The average molecular weight is 184 g/mol. The van der Waals surface area contributed by atoms with Crippen molar-refractivity contribution >= 4 is 0 Å². The first-order valence-electron chi connectivity index (χ1n) is 4.16. The molecule has 0 aliphatic rings. The first-order chi connectivity index (χ1) is 5.41. The Balaban J connectivity index is 3.90. The van der Waals surface area contributed by atoms with Crippen molar-refractivity contribution in [3.05, 3.63) is 0 Å². The van der Waals surface area contributed by atoms with Crippen LogP contribution in [0, 0.1) is 5.92 Å². The highest BCUT2D eigenvalue weighted by molar-refractivity contribution is 4.69. The number of alkyl halides is 3. The molecular weight excluding hydrogens is 169 g/mol. The molecule has 0 saturated carbocycles. The minimum atomic E-state index is -4.46. The van der Waals surface area contributed by atoms with Crippen molar-refractivity contribution in [3.63, 3.8) is 0 Å². The molecule has 0 aliphatic carbocycles. The van der Waals surface area contributed by atoms with Crippen LogP contribution in [0.25, 0.3) is 0 Å². The number of hydrogen-bond donors (Lipinski definition) is 1. The predicted octanol–water partition coefficient (Wildman–Crippen LogP) is 2.74. The quantitative estimate of drug-likeness (QED) is 0.712. The number of aliphatic hydroxyl groups excluding tert-OH is 1. The van der Waals surface area contributed by atoms with Crippen LogP contribution >= 0.6 is 0 Å². The Bertz CT molecular complexity index is 118. The van der Waals surface area contributed by atoms with Crippen molar-refractivity contribution in [2.75, 3.05) is 0 Å². The first-order valence-corrected chi connectivity index (χ1v) is 4.16. The van der Waals surface area contributed by atoms with Crippen LogP contribution < -0.4 is 0 Å². The maximum atomic E-state index is 11.8. The molecule has 0 spiro atoms. The lowest BCUT2D eigenvalue weighted by Crippen LogP contribution is -2.30. The van der Waals surface area contributed by atoms with Crippen LogP contribution in [0.15, 0.2) is 0 Å². The summed E-state index contributed by atoms with van der Waals surface area (Å²) in [6, 6.07) is 0. The van der Waals surface area contributed by atoms with Crippen LogP contribution in [-0.4, -0.2) is 17.4 Å². The second-order valence-electron chi connectivity index (χ2n) is 2.98. The van der Waals surface area contributed by atoms with Gasteiger partial charge in [0.05, 0.1) is 0 Å². The maximum absolute atomic E-state index is 11.8. The van der Waals surface area contributed by atoms with E-state index in [0.29, 0.717) is 12.8 Å². The summed E-state index contributed by atoms with van der Waals surface area (Å²) < 4.78 is 35.5. The summed E-state index contributed by atoms with van der Waals surface area (Å²) in [4.78, 5) is 0. The molecule has 4 heteroatoms. The Hall–Kier alpha value is -0.250. The van der Waals surface area contributed by atoms with E-state index in [-0.39, 0.29) is 12.3 Å². The Morgan fingerprint density at radius 3 is 1.83 bits per heavy atom. The zero-order chi connectivity index (χ0) is 9.78. The molecular formula is C8H15F3O. The van der Waals surface area contributed by atoms with Gasteiger partial charge in [-0.2, -0.15) is 13.2 Å². The summed E-state index contributed by atoms with van der Waals surface area (Å²) in [6.07, 6.45) is -5.41. The molecule has 1 nitrogen and oxygen atoms in total. The van der Waals surface area contributed by atoms with Gasteiger partial charge in [0.25, 0.3) is 0 Å². The second kappa shape index (κ2) is 4.70. The third kappa shape index (κ3) is 3.95. The molecule has 0 aromatic carbocycles. The van der Waals surface area contributed by atoms with E-state index in [0.717, 1.165) is 0 Å². The molecule has 74 valence electrons. The van der Waals surface area contributed by atoms with Gasteiger partial charge in [0.2, 0.25) is 0 Å². The monoisotopic (exact) mass is 184 g/mol. The summed E-state index contributed by atoms with van der Waals surface area (Å²) in [5, 5.41) is 8.69. The van der Waals surface area contributed by atoms with Gasteiger partial charge in [-0.05, 0) is 12.3 Å². The lowest BCUT2D eigenvalue weighted by atomic mass is 9.96. The van der Waals surface area contributed by atoms with Crippen LogP contribution in [-0.2, 0) is 0 Å². The normalized spacial score (nSPS) is 15.2. The molecule has 0 bridgehead atoms. The van der Waals surface area contributed by atoms with Gasteiger partial charge in [0.15, 0.2) is 0 Å². The number of hydrogen-bond acceptors (Lipinski definition) is 1. The Morgan fingerprint density at radius 1 is 1.17 bits per heavy atom. The molecule has 12 heavy (non-hydrogen) atoms. The maximum Gasteiger partial charge on any atom is 0.414 e. The highest BCUT2D eigenvalue weighted by Crippen LogP contribution is 2.27. The van der Waals surface area contributed by atoms with Crippen LogP contribution in [0.4, 0.5) is 13.2 Å². The fourth-order valence-corrected chi connectivity index (χ4v) is 1.07. The van der Waals surface area contributed by atoms with Gasteiger partial charge in [-0.15, -0.1) is 0 Å². The number of aliphatic hydroxyl groups is 1. The SMILES string of the molecule is CCC(CC)CC(O)C(F)(F)F. The summed E-state index contributed by atoms with van der Waals surface area (Å²) in [6.45, 7) is 3.66. The van der Waals surface area contributed by atoms with E-state index in [4.69, 9.17) is 5.11 Å². The minimum absolute atomic E-state index is 0.0263. The van der Waals surface area contributed by atoms with Crippen LogP contribution in [0.2, 0.25) is 0 Å². The van der Waals surface area contributed by atoms with Crippen molar-refractivity contribution < 1.29 is 18.3 Å². The third-order valence-corrected chi connectivity index (χ3v) is 2.09. The summed E-state index contributed by atoms with van der Waals surface area (Å²) in [5.41, 5.74) is 0. The molecule has 0 fully saturated rings. The molecule has 1 atom stereocenters. The van der Waals surface area contributed by atoms with Gasteiger partial charge in [-0.3, -0.25) is 0 Å². The van der Waals surface area contributed by atoms with Crippen molar-refractivity contribution in [1.82, 2.24) is 0 Å². The van der Waals surface area contributed by atoms with Crippen LogP contribution in [0.3, 0.4) is 0 Å². The lowest BCUT2D eigenvalue weighted by molar-refractivity contribution is -0.208. The third-order valence-electron chi connectivity index (χ3n) is 2.09. The summed E-state index contributed by atoms with van der Waals surface area (Å²) in [7, 11) is 0. The van der Waals surface area contributed by atoms with E-state index in [1.807, 2.05) is 13.8 Å². The zero-order valence-electron chi connectivity index (χ0n) is 7.36. The van der Waals surface area contributed by atoms with Crippen molar-refractivity contribution in [2.24, 2.45) is 5.92 Å². The van der Waals surface area contributed by atoms with Crippen molar-refractivity contribution in [1.29, 1.82) is 0 Å². The van der Waals surface area contributed by atoms with Gasteiger partial charge in [-0.25, -0.2) is 0 Å². The molecule has 0 aromatic heterocycles. The smallest absolute Gasteiger partial charge is 0.384 e. The molecule has 0 saturated heterocycles. The van der Waals surface area contributed by atoms with Gasteiger partial charge in [0, 0.05) is 0 Å². The van der Waals surface area contributed by atoms with Crippen molar-refractivity contribution in [2.45, 2.75) is 45.4 Å². The van der Waals surface area contributed by atoms with Crippen LogP contribution in [0.1, 0.15) is 33.1 Å². The van der Waals surface area contributed by atoms with E-state index < -0.39 is 12.3 Å². The molecule has 0 heterocycles. The standard InChI is InChI=1S/C8H15F3O/c1-3-6(4-2)5-7(12)8(9,10)11/h6-7,12H,3-5H2,1-2H3. The first kappa shape index (κ1) is 11.8. The molecule has 1 N–H and O–H groups in total. The van der Waals surface area contributed by atoms with Gasteiger partial charge in [-0.1, -0.05) is 26.7 Å². The largest absolute Gasteiger partial charge is 0.414 e. The molecule has 1 unspecified atom stereocenters. The fraction of sp³-hybridized carbons (Fsp3) is 1.00. The van der Waals surface area contributed by atoms with E-state index in [9.17, 15) is 13.2 Å². The number of halogens is 3. The van der Waals surface area contributed by atoms with Gasteiger partial charge >= 0.3 is 6.18 Å².